The molecule has 0 spiro atoms. The third kappa shape index (κ3) is 5.43. The molecule has 0 nitrogen and oxygen atoms in total. The van der Waals surface area contributed by atoms with Gasteiger partial charge in [0.1, 0.15) is 0 Å². The number of hydrogen-bond donors (Lipinski definition) is 0. The maximum Gasteiger partial charge on any atom is 0.0129 e. The first-order chi connectivity index (χ1) is 6.83. The minimum absolute atomic E-state index is 0.972. The molecule has 0 aliphatic rings. The number of rotatable bonds is 2. The fourth-order valence-corrected chi connectivity index (χ4v) is 1.20. The molecule has 0 fully saturated rings. The zero-order valence-corrected chi connectivity index (χ0v) is 9.72. The fourth-order valence-electron chi connectivity index (χ4n) is 1.20. The number of benzene rings is 1. The highest BCUT2D eigenvalue weighted by Gasteiger charge is 1.90. The Labute approximate surface area is 88.4 Å². The Morgan fingerprint density at radius 3 is 2.50 bits per heavy atom. The van der Waals surface area contributed by atoms with Crippen LogP contribution in [0.5, 0.6) is 0 Å². The lowest BCUT2D eigenvalue weighted by atomic mass is 10.1. The molecule has 0 heterocycles. The Kier molecular flexibility index (Phi) is 7.65. The zero-order chi connectivity index (χ0) is 10.8. The molecule has 76 valence electrons. The Balaban J connectivity index is 0.000000791. The molecule has 0 unspecified atom stereocenters. The summed E-state index contributed by atoms with van der Waals surface area (Å²) in [4.78, 5) is 0. The van der Waals surface area contributed by atoms with Crippen LogP contribution in [-0.2, 0) is 6.42 Å². The highest BCUT2D eigenvalue weighted by atomic mass is 14.0. The van der Waals surface area contributed by atoms with Gasteiger partial charge in [0.05, 0.1) is 0 Å². The van der Waals surface area contributed by atoms with Crippen LogP contribution in [-0.4, -0.2) is 0 Å². The summed E-state index contributed by atoms with van der Waals surface area (Å²) >= 11 is 0. The summed E-state index contributed by atoms with van der Waals surface area (Å²) in [5.74, 6) is 5.97. The van der Waals surface area contributed by atoms with Crippen molar-refractivity contribution in [1.29, 1.82) is 0 Å². The molecule has 0 saturated carbocycles. The van der Waals surface area contributed by atoms with Gasteiger partial charge >= 0.3 is 0 Å². The van der Waals surface area contributed by atoms with Crippen LogP contribution in [0.3, 0.4) is 0 Å². The minimum Gasteiger partial charge on any atom is -0.107 e. The van der Waals surface area contributed by atoms with Gasteiger partial charge in [-0.1, -0.05) is 43.7 Å². The van der Waals surface area contributed by atoms with E-state index in [2.05, 4.69) is 43.0 Å². The first-order valence-corrected chi connectivity index (χ1v) is 5.28. The first-order valence-electron chi connectivity index (χ1n) is 5.28. The van der Waals surface area contributed by atoms with Gasteiger partial charge in [0.25, 0.3) is 0 Å². The summed E-state index contributed by atoms with van der Waals surface area (Å²) in [5, 5.41) is 0. The van der Waals surface area contributed by atoms with Crippen LogP contribution in [0.25, 0.3) is 0 Å². The number of hydrogen-bond acceptors (Lipinski definition) is 0. The van der Waals surface area contributed by atoms with E-state index in [0.717, 1.165) is 12.8 Å². The molecular weight excluding hydrogens is 168 g/mol. The van der Waals surface area contributed by atoms with Crippen molar-refractivity contribution >= 4 is 0 Å². The topological polar surface area (TPSA) is 0 Å². The molecule has 14 heavy (non-hydrogen) atoms. The van der Waals surface area contributed by atoms with Crippen molar-refractivity contribution < 1.29 is 0 Å². The van der Waals surface area contributed by atoms with E-state index in [1.807, 2.05) is 20.8 Å². The summed E-state index contributed by atoms with van der Waals surface area (Å²) in [6.45, 7) is 8.01. The molecule has 1 aromatic rings. The monoisotopic (exact) mass is 188 g/mol. The Hall–Kier alpha value is -1.22. The Morgan fingerprint density at radius 1 is 1.21 bits per heavy atom. The van der Waals surface area contributed by atoms with E-state index in [1.165, 1.54) is 11.1 Å². The largest absolute Gasteiger partial charge is 0.107 e. The smallest absolute Gasteiger partial charge is 0.0129 e. The van der Waals surface area contributed by atoms with Gasteiger partial charge < -0.3 is 0 Å². The summed E-state index contributed by atoms with van der Waals surface area (Å²) in [5.41, 5.74) is 2.72. The van der Waals surface area contributed by atoms with E-state index in [-0.39, 0.29) is 0 Å². The van der Waals surface area contributed by atoms with Crippen LogP contribution in [0.1, 0.15) is 38.3 Å². The molecule has 0 aromatic heterocycles. The zero-order valence-electron chi connectivity index (χ0n) is 9.72. The molecular formula is C14H20. The molecule has 0 aliphatic heterocycles. The van der Waals surface area contributed by atoms with Crippen molar-refractivity contribution in [2.24, 2.45) is 0 Å². The Morgan fingerprint density at radius 2 is 1.93 bits per heavy atom. The molecule has 1 aromatic carbocycles. The first kappa shape index (κ1) is 12.8. The molecule has 0 aliphatic carbocycles. The molecule has 0 amide bonds. The van der Waals surface area contributed by atoms with Crippen molar-refractivity contribution in [2.45, 2.75) is 40.5 Å². The average molecular weight is 188 g/mol. The van der Waals surface area contributed by atoms with Crippen molar-refractivity contribution in [2.75, 3.05) is 0 Å². The minimum atomic E-state index is 0.972. The molecule has 0 bridgehead atoms. The second-order valence-corrected chi connectivity index (χ2v) is 2.92. The van der Waals surface area contributed by atoms with Crippen LogP contribution < -0.4 is 0 Å². The van der Waals surface area contributed by atoms with E-state index in [1.54, 1.807) is 0 Å². The predicted molar refractivity (Wildman–Crippen MR) is 64.3 cm³/mol. The second-order valence-electron chi connectivity index (χ2n) is 2.92. The van der Waals surface area contributed by atoms with Crippen LogP contribution in [0, 0.1) is 18.8 Å². The second kappa shape index (κ2) is 8.38. The van der Waals surface area contributed by atoms with Crippen molar-refractivity contribution in [3.63, 3.8) is 0 Å². The summed E-state index contributed by atoms with van der Waals surface area (Å²) in [7, 11) is 0. The van der Waals surface area contributed by atoms with Crippen molar-refractivity contribution in [3.05, 3.63) is 35.4 Å². The van der Waals surface area contributed by atoms with Gasteiger partial charge in [0.15, 0.2) is 0 Å². The van der Waals surface area contributed by atoms with Crippen LogP contribution in [0.2, 0.25) is 0 Å². The van der Waals surface area contributed by atoms with Gasteiger partial charge in [-0.2, -0.15) is 0 Å². The lowest BCUT2D eigenvalue weighted by Crippen LogP contribution is -1.83. The predicted octanol–water partition coefficient (Wildman–Crippen LogP) is 3.98. The van der Waals surface area contributed by atoms with Gasteiger partial charge in [-0.05, 0) is 25.8 Å². The Bertz CT molecular complexity index is 299. The van der Waals surface area contributed by atoms with Crippen molar-refractivity contribution in [3.8, 4) is 11.8 Å². The average Bonchev–Trinajstić information content (AvgIpc) is 2.21. The van der Waals surface area contributed by atoms with Gasteiger partial charge in [-0.15, -0.1) is 11.8 Å². The van der Waals surface area contributed by atoms with Crippen LogP contribution in [0.15, 0.2) is 24.3 Å². The SMILES string of the molecule is CC.CC#CCCc1cccc(C)c1. The maximum absolute atomic E-state index is 3.07. The normalized spacial score (nSPS) is 8.00. The third-order valence-corrected chi connectivity index (χ3v) is 1.80. The fraction of sp³-hybridized carbons (Fsp3) is 0.429. The van der Waals surface area contributed by atoms with E-state index < -0.39 is 0 Å². The van der Waals surface area contributed by atoms with E-state index in [9.17, 15) is 0 Å². The lowest BCUT2D eigenvalue weighted by Gasteiger charge is -1.98. The van der Waals surface area contributed by atoms with Gasteiger partial charge in [0, 0.05) is 6.42 Å². The van der Waals surface area contributed by atoms with Gasteiger partial charge in [-0.3, -0.25) is 0 Å². The third-order valence-electron chi connectivity index (χ3n) is 1.80. The van der Waals surface area contributed by atoms with Crippen LogP contribution >= 0.6 is 0 Å². The van der Waals surface area contributed by atoms with Crippen LogP contribution in [0.4, 0.5) is 0 Å². The number of aryl methyl sites for hydroxylation is 2. The van der Waals surface area contributed by atoms with E-state index in [0.29, 0.717) is 0 Å². The molecule has 0 saturated heterocycles. The van der Waals surface area contributed by atoms with Gasteiger partial charge in [0.2, 0.25) is 0 Å². The molecule has 0 atom stereocenters. The standard InChI is InChI=1S/C12H14.C2H6/c1-3-4-5-8-12-9-6-7-11(2)10-12;1-2/h6-7,9-10H,5,8H2,1-2H3;1-2H3. The quantitative estimate of drug-likeness (QED) is 0.616. The summed E-state index contributed by atoms with van der Waals surface area (Å²) in [6.07, 6.45) is 2.04. The van der Waals surface area contributed by atoms with Crippen molar-refractivity contribution in [1.82, 2.24) is 0 Å². The summed E-state index contributed by atoms with van der Waals surface area (Å²) < 4.78 is 0. The maximum atomic E-state index is 3.07. The van der Waals surface area contributed by atoms with E-state index in [4.69, 9.17) is 0 Å². The molecule has 1 rings (SSSR count). The summed E-state index contributed by atoms with van der Waals surface area (Å²) in [6, 6.07) is 8.60. The van der Waals surface area contributed by atoms with E-state index >= 15 is 0 Å². The highest BCUT2D eigenvalue weighted by molar-refractivity contribution is 5.22. The molecule has 0 N–H and O–H groups in total. The van der Waals surface area contributed by atoms with Gasteiger partial charge in [-0.25, -0.2) is 0 Å². The lowest BCUT2D eigenvalue weighted by molar-refractivity contribution is 1.02. The molecule has 0 heteroatoms. The molecule has 0 radical (unpaired) electrons. The highest BCUT2D eigenvalue weighted by Crippen LogP contribution is 2.05.